The Morgan fingerprint density at radius 3 is 2.38 bits per heavy atom. The van der Waals surface area contributed by atoms with Gasteiger partial charge in [-0.3, -0.25) is 0 Å². The maximum Gasteiger partial charge on any atom is 0.131 e. The summed E-state index contributed by atoms with van der Waals surface area (Å²) in [6.45, 7) is 1.77. The number of hydrogen-bond acceptors (Lipinski definition) is 1. The maximum atomic E-state index is 14.1. The number of benzene rings is 2. The van der Waals surface area contributed by atoms with Crippen LogP contribution in [0.25, 0.3) is 0 Å². The topological polar surface area (TPSA) is 26.0 Å². The van der Waals surface area contributed by atoms with Gasteiger partial charge in [0.2, 0.25) is 0 Å². The lowest BCUT2D eigenvalue weighted by Gasteiger charge is -2.28. The molecule has 0 aliphatic heterocycles. The Labute approximate surface area is 123 Å². The van der Waals surface area contributed by atoms with Crippen LogP contribution in [0.1, 0.15) is 42.0 Å². The van der Waals surface area contributed by atoms with Crippen molar-refractivity contribution in [1.29, 1.82) is 0 Å². The van der Waals surface area contributed by atoms with Crippen LogP contribution < -0.4 is 5.73 Å². The molecule has 21 heavy (non-hydrogen) atoms. The zero-order valence-corrected chi connectivity index (χ0v) is 12.1. The van der Waals surface area contributed by atoms with Gasteiger partial charge in [-0.25, -0.2) is 8.78 Å². The molecule has 110 valence electrons. The van der Waals surface area contributed by atoms with Gasteiger partial charge in [0.1, 0.15) is 11.6 Å². The highest BCUT2D eigenvalue weighted by atomic mass is 19.1. The van der Waals surface area contributed by atoms with E-state index in [1.54, 1.807) is 6.92 Å². The number of halogens is 2. The van der Waals surface area contributed by atoms with Crippen LogP contribution in [0.4, 0.5) is 8.78 Å². The van der Waals surface area contributed by atoms with Crippen LogP contribution in [0.5, 0.6) is 0 Å². The quantitative estimate of drug-likeness (QED) is 0.885. The third-order valence-corrected chi connectivity index (χ3v) is 4.44. The number of fused-ring (bicyclic) bond motifs is 1. The van der Waals surface area contributed by atoms with Gasteiger partial charge in [0.05, 0.1) is 5.54 Å². The fourth-order valence-corrected chi connectivity index (χ4v) is 3.12. The van der Waals surface area contributed by atoms with Crippen LogP contribution in [-0.2, 0) is 18.4 Å². The van der Waals surface area contributed by atoms with Gasteiger partial charge in [0.25, 0.3) is 0 Å². The summed E-state index contributed by atoms with van der Waals surface area (Å²) in [7, 11) is 0. The zero-order chi connectivity index (χ0) is 15.0. The van der Waals surface area contributed by atoms with Gasteiger partial charge in [0.15, 0.2) is 0 Å². The first-order chi connectivity index (χ1) is 9.98. The van der Waals surface area contributed by atoms with Crippen molar-refractivity contribution in [3.05, 3.63) is 70.3 Å². The molecule has 1 nitrogen and oxygen atoms in total. The van der Waals surface area contributed by atoms with Crippen LogP contribution in [-0.4, -0.2) is 0 Å². The summed E-state index contributed by atoms with van der Waals surface area (Å²) >= 11 is 0. The largest absolute Gasteiger partial charge is 0.318 e. The molecule has 0 aromatic heterocycles. The molecule has 1 aliphatic carbocycles. The predicted octanol–water partition coefficient (Wildman–Crippen LogP) is 4.07. The van der Waals surface area contributed by atoms with Gasteiger partial charge in [-0.1, -0.05) is 24.3 Å². The van der Waals surface area contributed by atoms with Crippen LogP contribution >= 0.6 is 0 Å². The third kappa shape index (κ3) is 2.58. The normalized spacial score (nSPS) is 17.1. The van der Waals surface area contributed by atoms with Crippen molar-refractivity contribution in [3.8, 4) is 0 Å². The van der Waals surface area contributed by atoms with E-state index in [1.807, 2.05) is 6.07 Å². The molecule has 0 saturated heterocycles. The molecule has 0 fully saturated rings. The molecule has 1 unspecified atom stereocenters. The third-order valence-electron chi connectivity index (χ3n) is 4.44. The van der Waals surface area contributed by atoms with E-state index in [4.69, 9.17) is 5.73 Å². The lowest BCUT2D eigenvalue weighted by atomic mass is 9.81. The molecule has 0 amide bonds. The minimum atomic E-state index is -0.968. The van der Waals surface area contributed by atoms with E-state index in [1.165, 1.54) is 36.1 Å². The molecule has 2 aromatic carbocycles. The van der Waals surface area contributed by atoms with Gasteiger partial charge < -0.3 is 5.73 Å². The minimum absolute atomic E-state index is 0.319. The average molecular weight is 287 g/mol. The standard InChI is InChI=1S/C18H19F2N/c1-18(21,16-9-8-15(19)11-17(16)20)14-7-6-12-4-2-3-5-13(12)10-14/h6-11H,2-5,21H2,1H3. The van der Waals surface area contributed by atoms with Crippen LogP contribution in [0.3, 0.4) is 0 Å². The SMILES string of the molecule is CC(N)(c1ccc2c(c1)CCCC2)c1ccc(F)cc1F. The van der Waals surface area contributed by atoms with Crippen molar-refractivity contribution in [2.75, 3.05) is 0 Å². The second-order valence-corrected chi connectivity index (χ2v) is 6.02. The summed E-state index contributed by atoms with van der Waals surface area (Å²) in [5.41, 5.74) is 9.27. The van der Waals surface area contributed by atoms with Gasteiger partial charge >= 0.3 is 0 Å². The van der Waals surface area contributed by atoms with E-state index in [-0.39, 0.29) is 0 Å². The van der Waals surface area contributed by atoms with Crippen molar-refractivity contribution in [1.82, 2.24) is 0 Å². The molecule has 0 saturated carbocycles. The van der Waals surface area contributed by atoms with E-state index in [2.05, 4.69) is 12.1 Å². The fraction of sp³-hybridized carbons (Fsp3) is 0.333. The Morgan fingerprint density at radius 1 is 0.952 bits per heavy atom. The predicted molar refractivity (Wildman–Crippen MR) is 80.1 cm³/mol. The highest BCUT2D eigenvalue weighted by Gasteiger charge is 2.28. The summed E-state index contributed by atoms with van der Waals surface area (Å²) in [6.07, 6.45) is 4.55. The molecule has 0 heterocycles. The molecule has 3 rings (SSSR count). The molecule has 0 radical (unpaired) electrons. The second-order valence-electron chi connectivity index (χ2n) is 6.02. The minimum Gasteiger partial charge on any atom is -0.318 e. The number of rotatable bonds is 2. The zero-order valence-electron chi connectivity index (χ0n) is 12.1. The molecule has 3 heteroatoms. The molecular weight excluding hydrogens is 268 g/mol. The number of hydrogen-bond donors (Lipinski definition) is 1. The molecule has 0 bridgehead atoms. The Bertz CT molecular complexity index is 677. The van der Waals surface area contributed by atoms with Gasteiger partial charge in [0, 0.05) is 11.6 Å². The lowest BCUT2D eigenvalue weighted by Crippen LogP contribution is -2.35. The summed E-state index contributed by atoms with van der Waals surface area (Å²) in [6, 6.07) is 9.71. The van der Waals surface area contributed by atoms with Crippen molar-refractivity contribution in [3.63, 3.8) is 0 Å². The van der Waals surface area contributed by atoms with Crippen molar-refractivity contribution < 1.29 is 8.78 Å². The monoisotopic (exact) mass is 287 g/mol. The number of nitrogens with two attached hydrogens (primary N) is 1. The first-order valence-electron chi connectivity index (χ1n) is 7.35. The molecule has 0 spiro atoms. The summed E-state index contributed by atoms with van der Waals surface area (Å²) in [5, 5.41) is 0. The highest BCUT2D eigenvalue weighted by Crippen LogP contribution is 2.32. The molecule has 2 aromatic rings. The van der Waals surface area contributed by atoms with Crippen LogP contribution in [0.2, 0.25) is 0 Å². The Kier molecular flexibility index (Phi) is 3.54. The van der Waals surface area contributed by atoms with Crippen LogP contribution in [0.15, 0.2) is 36.4 Å². The summed E-state index contributed by atoms with van der Waals surface area (Å²) in [5.74, 6) is -1.18. The average Bonchev–Trinajstić information content (AvgIpc) is 2.46. The van der Waals surface area contributed by atoms with E-state index >= 15 is 0 Å². The van der Waals surface area contributed by atoms with Gasteiger partial charge in [-0.05, 0) is 55.4 Å². The van der Waals surface area contributed by atoms with Gasteiger partial charge in [-0.15, -0.1) is 0 Å². The highest BCUT2D eigenvalue weighted by molar-refractivity contribution is 5.42. The first kappa shape index (κ1) is 14.2. The second kappa shape index (κ2) is 5.23. The molecule has 2 N–H and O–H groups in total. The molecule has 1 atom stereocenters. The lowest BCUT2D eigenvalue weighted by molar-refractivity contribution is 0.517. The first-order valence-corrected chi connectivity index (χ1v) is 7.35. The number of aryl methyl sites for hydroxylation is 2. The maximum absolute atomic E-state index is 14.1. The summed E-state index contributed by atoms with van der Waals surface area (Å²) < 4.78 is 27.1. The van der Waals surface area contributed by atoms with Gasteiger partial charge in [-0.2, -0.15) is 0 Å². The smallest absolute Gasteiger partial charge is 0.131 e. The Morgan fingerprint density at radius 2 is 1.67 bits per heavy atom. The van der Waals surface area contributed by atoms with E-state index in [9.17, 15) is 8.78 Å². The van der Waals surface area contributed by atoms with E-state index < -0.39 is 17.2 Å². The molecule has 1 aliphatic rings. The van der Waals surface area contributed by atoms with Crippen LogP contribution in [0, 0.1) is 11.6 Å². The van der Waals surface area contributed by atoms with Crippen molar-refractivity contribution in [2.24, 2.45) is 5.73 Å². The summed E-state index contributed by atoms with van der Waals surface area (Å²) in [4.78, 5) is 0. The van der Waals surface area contributed by atoms with E-state index in [0.717, 1.165) is 24.5 Å². The Balaban J connectivity index is 2.05. The Hall–Kier alpha value is -1.74. The van der Waals surface area contributed by atoms with E-state index in [0.29, 0.717) is 5.56 Å². The fourth-order valence-electron chi connectivity index (χ4n) is 3.12. The molecular formula is C18H19F2N. The van der Waals surface area contributed by atoms with Crippen molar-refractivity contribution >= 4 is 0 Å². The van der Waals surface area contributed by atoms with Crippen molar-refractivity contribution in [2.45, 2.75) is 38.1 Å².